The molecule has 0 fully saturated rings. The Labute approximate surface area is 118 Å². The predicted molar refractivity (Wildman–Crippen MR) is 75.2 cm³/mol. The van der Waals surface area contributed by atoms with E-state index in [9.17, 15) is 4.79 Å². The molecule has 0 radical (unpaired) electrons. The number of aryl methyl sites for hydroxylation is 1. The van der Waals surface area contributed by atoms with Gasteiger partial charge in [-0.3, -0.25) is 4.79 Å². The fourth-order valence-electron chi connectivity index (χ4n) is 1.81. The molecule has 0 saturated heterocycles. The highest BCUT2D eigenvalue weighted by Gasteiger charge is 2.17. The number of hydrogen-bond acceptors (Lipinski definition) is 4. The van der Waals surface area contributed by atoms with Crippen molar-refractivity contribution in [1.29, 1.82) is 0 Å². The normalized spacial score (nSPS) is 9.80. The Bertz CT molecular complexity index is 510. The highest BCUT2D eigenvalue weighted by atomic mass is 16.3. The van der Waals surface area contributed by atoms with E-state index in [1.54, 1.807) is 12.1 Å². The number of hydrogen-bond donors (Lipinski definition) is 3. The van der Waals surface area contributed by atoms with Gasteiger partial charge in [-0.25, -0.2) is 0 Å². The molecule has 3 N–H and O–H groups in total. The molecule has 0 unspecified atom stereocenters. The van der Waals surface area contributed by atoms with Gasteiger partial charge in [-0.2, -0.15) is 0 Å². The Hall–Kier alpha value is -1.87. The van der Waals surface area contributed by atoms with Crippen LogP contribution in [-0.4, -0.2) is 59.0 Å². The van der Waals surface area contributed by atoms with Gasteiger partial charge in [0.1, 0.15) is 6.61 Å². The zero-order chi connectivity index (χ0) is 15.0. The van der Waals surface area contributed by atoms with Gasteiger partial charge in [-0.1, -0.05) is 23.5 Å². The molecule has 20 heavy (non-hydrogen) atoms. The second-order valence-corrected chi connectivity index (χ2v) is 4.25. The summed E-state index contributed by atoms with van der Waals surface area (Å²) in [6, 6.07) is 5.27. The molecular formula is C15H19NO4. The molecule has 1 amide bonds. The van der Waals surface area contributed by atoms with Crippen molar-refractivity contribution in [3.63, 3.8) is 0 Å². The zero-order valence-electron chi connectivity index (χ0n) is 11.5. The lowest BCUT2D eigenvalue weighted by molar-refractivity contribution is 0.0684. The quantitative estimate of drug-likeness (QED) is 0.649. The van der Waals surface area contributed by atoms with Crippen LogP contribution in [0.3, 0.4) is 0 Å². The third-order valence-electron chi connectivity index (χ3n) is 2.73. The molecule has 0 aromatic heterocycles. The molecule has 5 heteroatoms. The first kappa shape index (κ1) is 16.2. The predicted octanol–water partition coefficient (Wildman–Crippen LogP) is -0.234. The van der Waals surface area contributed by atoms with E-state index < -0.39 is 0 Å². The van der Waals surface area contributed by atoms with Crippen LogP contribution in [0.15, 0.2) is 18.2 Å². The zero-order valence-corrected chi connectivity index (χ0v) is 11.5. The summed E-state index contributed by atoms with van der Waals surface area (Å²) < 4.78 is 0. The van der Waals surface area contributed by atoms with Crippen molar-refractivity contribution in [3.05, 3.63) is 34.9 Å². The number of carbonyl (C=O) groups is 1. The molecule has 5 nitrogen and oxygen atoms in total. The standard InChI is InChI=1S/C15H19NO4/c1-12-4-5-13(3-2-8-17)14(11-12)15(20)16(6-9-18)7-10-19/h4-5,11,17-19H,6-10H2,1H3. The second-order valence-electron chi connectivity index (χ2n) is 4.25. The minimum atomic E-state index is -0.293. The molecule has 0 heterocycles. The molecule has 1 aromatic rings. The van der Waals surface area contributed by atoms with Gasteiger partial charge in [-0.05, 0) is 19.1 Å². The molecule has 1 rings (SSSR count). The lowest BCUT2D eigenvalue weighted by Gasteiger charge is -2.21. The number of benzene rings is 1. The van der Waals surface area contributed by atoms with E-state index in [4.69, 9.17) is 15.3 Å². The van der Waals surface area contributed by atoms with Gasteiger partial charge in [0.25, 0.3) is 5.91 Å². The van der Waals surface area contributed by atoms with Crippen molar-refractivity contribution in [1.82, 2.24) is 4.90 Å². The molecule has 0 atom stereocenters. The first-order chi connectivity index (χ1) is 9.63. The molecule has 0 spiro atoms. The first-order valence-electron chi connectivity index (χ1n) is 6.35. The van der Waals surface area contributed by atoms with Gasteiger partial charge >= 0.3 is 0 Å². The Balaban J connectivity index is 3.14. The summed E-state index contributed by atoms with van der Waals surface area (Å²) in [5.74, 6) is 4.96. The van der Waals surface area contributed by atoms with Crippen LogP contribution in [0.1, 0.15) is 21.5 Å². The Kier molecular flexibility index (Phi) is 6.74. The van der Waals surface area contributed by atoms with Gasteiger partial charge in [0.2, 0.25) is 0 Å². The molecule has 0 aliphatic heterocycles. The number of aliphatic hydroxyl groups excluding tert-OH is 3. The van der Waals surface area contributed by atoms with Crippen LogP contribution in [-0.2, 0) is 0 Å². The van der Waals surface area contributed by atoms with Crippen molar-refractivity contribution >= 4 is 5.91 Å². The summed E-state index contributed by atoms with van der Waals surface area (Å²) in [4.78, 5) is 13.8. The van der Waals surface area contributed by atoms with Gasteiger partial charge < -0.3 is 20.2 Å². The van der Waals surface area contributed by atoms with E-state index in [0.717, 1.165) is 5.56 Å². The fraction of sp³-hybridized carbons (Fsp3) is 0.400. The number of amides is 1. The SMILES string of the molecule is Cc1ccc(C#CCO)c(C(=O)N(CCO)CCO)c1. The molecule has 1 aromatic carbocycles. The largest absolute Gasteiger partial charge is 0.395 e. The Morgan fingerprint density at radius 3 is 2.40 bits per heavy atom. The minimum Gasteiger partial charge on any atom is -0.395 e. The summed E-state index contributed by atoms with van der Waals surface area (Å²) in [7, 11) is 0. The van der Waals surface area contributed by atoms with Crippen LogP contribution in [0.2, 0.25) is 0 Å². The summed E-state index contributed by atoms with van der Waals surface area (Å²) in [5.41, 5.74) is 1.85. The van der Waals surface area contributed by atoms with Gasteiger partial charge in [0.15, 0.2) is 0 Å². The highest BCUT2D eigenvalue weighted by molar-refractivity contribution is 5.97. The summed E-state index contributed by atoms with van der Waals surface area (Å²) in [6.07, 6.45) is 0. The van der Waals surface area contributed by atoms with Crippen LogP contribution in [0, 0.1) is 18.8 Å². The minimum absolute atomic E-state index is 0.153. The Morgan fingerprint density at radius 1 is 1.20 bits per heavy atom. The van der Waals surface area contributed by atoms with Crippen molar-refractivity contribution in [3.8, 4) is 11.8 Å². The van der Waals surface area contributed by atoms with Crippen LogP contribution in [0.25, 0.3) is 0 Å². The average Bonchev–Trinajstić information content (AvgIpc) is 2.45. The van der Waals surface area contributed by atoms with Crippen molar-refractivity contribution in [2.75, 3.05) is 32.9 Å². The molecule has 0 aliphatic rings. The van der Waals surface area contributed by atoms with E-state index >= 15 is 0 Å². The third kappa shape index (κ3) is 4.35. The van der Waals surface area contributed by atoms with Crippen molar-refractivity contribution < 1.29 is 20.1 Å². The van der Waals surface area contributed by atoms with E-state index in [0.29, 0.717) is 11.1 Å². The van der Waals surface area contributed by atoms with Crippen LogP contribution < -0.4 is 0 Å². The smallest absolute Gasteiger partial charge is 0.255 e. The topological polar surface area (TPSA) is 81.0 Å². The van der Waals surface area contributed by atoms with Crippen molar-refractivity contribution in [2.24, 2.45) is 0 Å². The average molecular weight is 277 g/mol. The molecular weight excluding hydrogens is 258 g/mol. The van der Waals surface area contributed by atoms with Gasteiger partial charge in [0.05, 0.1) is 18.8 Å². The summed E-state index contributed by atoms with van der Waals surface area (Å²) in [6.45, 7) is 1.55. The fourth-order valence-corrected chi connectivity index (χ4v) is 1.81. The van der Waals surface area contributed by atoms with E-state index in [1.165, 1.54) is 4.90 Å². The van der Waals surface area contributed by atoms with Crippen LogP contribution >= 0.6 is 0 Å². The van der Waals surface area contributed by atoms with E-state index in [2.05, 4.69) is 11.8 Å². The number of rotatable bonds is 5. The molecule has 0 bridgehead atoms. The maximum absolute atomic E-state index is 12.4. The number of aliphatic hydroxyl groups is 3. The lowest BCUT2D eigenvalue weighted by atomic mass is 10.0. The highest BCUT2D eigenvalue weighted by Crippen LogP contribution is 2.13. The summed E-state index contributed by atoms with van der Waals surface area (Å²) >= 11 is 0. The monoisotopic (exact) mass is 277 g/mol. The molecule has 108 valence electrons. The maximum Gasteiger partial charge on any atom is 0.255 e. The second kappa shape index (κ2) is 8.33. The Morgan fingerprint density at radius 2 is 1.85 bits per heavy atom. The lowest BCUT2D eigenvalue weighted by Crippen LogP contribution is -2.36. The van der Waals surface area contributed by atoms with Crippen molar-refractivity contribution in [2.45, 2.75) is 6.92 Å². The number of nitrogens with zero attached hydrogens (tertiary/aromatic N) is 1. The van der Waals surface area contributed by atoms with Crippen LogP contribution in [0.5, 0.6) is 0 Å². The maximum atomic E-state index is 12.4. The molecule has 0 aliphatic carbocycles. The first-order valence-corrected chi connectivity index (χ1v) is 6.35. The number of carbonyl (C=O) groups excluding carboxylic acids is 1. The molecule has 0 saturated carbocycles. The van der Waals surface area contributed by atoms with Crippen LogP contribution in [0.4, 0.5) is 0 Å². The van der Waals surface area contributed by atoms with Gasteiger partial charge in [0, 0.05) is 18.7 Å². The summed E-state index contributed by atoms with van der Waals surface area (Å²) in [5, 5.41) is 26.7. The third-order valence-corrected chi connectivity index (χ3v) is 2.73. The van der Waals surface area contributed by atoms with E-state index in [1.807, 2.05) is 13.0 Å². The van der Waals surface area contributed by atoms with E-state index in [-0.39, 0.29) is 38.8 Å². The van der Waals surface area contributed by atoms with Gasteiger partial charge in [-0.15, -0.1) is 0 Å².